The number of anilines is 1. The number of aryl methyl sites for hydroxylation is 1. The molecular formula is C35H56N3O5S2+. The van der Waals surface area contributed by atoms with Gasteiger partial charge in [0, 0.05) is 56.8 Å². The Bertz CT molecular complexity index is 1130. The molecule has 0 saturated heterocycles. The molecule has 0 radical (unpaired) electrons. The maximum Gasteiger partial charge on any atom is 0.222 e. The molecule has 2 rings (SSSR count). The zero-order valence-corrected chi connectivity index (χ0v) is 29.1. The van der Waals surface area contributed by atoms with E-state index in [-0.39, 0.29) is 17.4 Å². The summed E-state index contributed by atoms with van der Waals surface area (Å²) in [5.41, 5.74) is 3.59. The molecular weight excluding hydrogens is 607 g/mol. The number of carbonyl (C=O) groups is 1. The summed E-state index contributed by atoms with van der Waals surface area (Å²) in [5.74, 6) is 0.174. The first-order valence-electron chi connectivity index (χ1n) is 16.8. The normalized spacial score (nSPS) is 12.8. The van der Waals surface area contributed by atoms with Gasteiger partial charge in [0.25, 0.3) is 0 Å². The van der Waals surface area contributed by atoms with Gasteiger partial charge in [-0.2, -0.15) is 0 Å². The van der Waals surface area contributed by atoms with Gasteiger partial charge in [-0.3, -0.25) is 4.79 Å². The van der Waals surface area contributed by atoms with Crippen LogP contribution in [0.3, 0.4) is 0 Å². The van der Waals surface area contributed by atoms with Gasteiger partial charge in [0.05, 0.1) is 11.5 Å². The third kappa shape index (κ3) is 17.8. The Morgan fingerprint density at radius 1 is 0.689 bits per heavy atom. The summed E-state index contributed by atoms with van der Waals surface area (Å²) in [4.78, 5) is 17.0. The smallest absolute Gasteiger partial charge is 0.222 e. The van der Waals surface area contributed by atoms with Crippen molar-refractivity contribution in [3.05, 3.63) is 59.9 Å². The molecule has 0 aliphatic carbocycles. The standard InChI is InChI=1S/C35H55N3O5S2/c1-3-5-7-9-24-37(25-10-8-6-4-2)34-19-17-32(18-20-34)15-16-33-21-28-36(29-22-33)23-11-14-35(39)38(26-12-30-44(40)41)27-13-31-45(42)43/h15-22,28-29H,3-14,23-27,30-31H2,1-2H3,(H-,40,41,42,43)/p+1. The number of nitrogens with zero attached hydrogens (tertiary/aromatic N) is 3. The Kier molecular flexibility index (Phi) is 20.6. The number of hydrogen-bond donors (Lipinski definition) is 2. The molecule has 1 heterocycles. The van der Waals surface area contributed by atoms with Crippen LogP contribution < -0.4 is 9.47 Å². The van der Waals surface area contributed by atoms with E-state index in [0.717, 1.165) is 18.7 Å². The van der Waals surface area contributed by atoms with E-state index >= 15 is 0 Å². The van der Waals surface area contributed by atoms with E-state index in [0.29, 0.717) is 45.3 Å². The van der Waals surface area contributed by atoms with Crippen molar-refractivity contribution < 1.29 is 26.9 Å². The van der Waals surface area contributed by atoms with Gasteiger partial charge in [-0.1, -0.05) is 76.7 Å². The number of hydrogen-bond acceptors (Lipinski definition) is 4. The summed E-state index contributed by atoms with van der Waals surface area (Å²) < 4.78 is 42.0. The van der Waals surface area contributed by atoms with Gasteiger partial charge < -0.3 is 18.9 Å². The molecule has 1 amide bonds. The van der Waals surface area contributed by atoms with Gasteiger partial charge in [0.15, 0.2) is 34.6 Å². The maximum absolute atomic E-state index is 12.8. The van der Waals surface area contributed by atoms with Crippen LogP contribution in [-0.4, -0.2) is 66.0 Å². The Morgan fingerprint density at radius 2 is 1.20 bits per heavy atom. The van der Waals surface area contributed by atoms with Crippen LogP contribution in [0.25, 0.3) is 12.2 Å². The number of carbonyl (C=O) groups excluding carboxylic acids is 1. The second-order valence-corrected chi connectivity index (χ2v) is 13.7. The van der Waals surface area contributed by atoms with Gasteiger partial charge >= 0.3 is 0 Å². The number of pyridine rings is 1. The highest BCUT2D eigenvalue weighted by Crippen LogP contribution is 2.19. The highest BCUT2D eigenvalue weighted by Gasteiger charge is 2.15. The lowest BCUT2D eigenvalue weighted by molar-refractivity contribution is -0.697. The van der Waals surface area contributed by atoms with Crippen LogP contribution in [-0.2, 0) is 33.5 Å². The summed E-state index contributed by atoms with van der Waals surface area (Å²) >= 11 is -3.79. The monoisotopic (exact) mass is 662 g/mol. The van der Waals surface area contributed by atoms with Crippen LogP contribution in [0.15, 0.2) is 48.8 Å². The second-order valence-electron chi connectivity index (χ2n) is 11.6. The topological polar surface area (TPSA) is 102 Å². The first kappa shape index (κ1) is 38.8. The minimum Gasteiger partial charge on any atom is -0.372 e. The molecule has 2 aromatic rings. The molecule has 0 aliphatic heterocycles. The Labute approximate surface area is 276 Å². The molecule has 0 saturated carbocycles. The molecule has 1 aromatic heterocycles. The largest absolute Gasteiger partial charge is 0.372 e. The number of amides is 1. The highest BCUT2D eigenvalue weighted by molar-refractivity contribution is 7.79. The first-order valence-corrected chi connectivity index (χ1v) is 19.3. The molecule has 252 valence electrons. The van der Waals surface area contributed by atoms with Crippen LogP contribution in [0.1, 0.15) is 102 Å². The van der Waals surface area contributed by atoms with E-state index in [1.807, 2.05) is 12.4 Å². The van der Waals surface area contributed by atoms with Crippen molar-refractivity contribution in [2.75, 3.05) is 42.6 Å². The Morgan fingerprint density at radius 3 is 1.69 bits per heavy atom. The van der Waals surface area contributed by atoms with Crippen LogP contribution in [0.2, 0.25) is 0 Å². The molecule has 2 unspecified atom stereocenters. The first-order chi connectivity index (χ1) is 21.8. The van der Waals surface area contributed by atoms with Crippen LogP contribution in [0.4, 0.5) is 5.69 Å². The number of rotatable bonds is 25. The lowest BCUT2D eigenvalue weighted by atomic mass is 10.1. The molecule has 2 atom stereocenters. The van der Waals surface area contributed by atoms with Crippen molar-refractivity contribution in [1.82, 2.24) is 4.90 Å². The van der Waals surface area contributed by atoms with Gasteiger partial charge in [-0.15, -0.1) is 0 Å². The highest BCUT2D eigenvalue weighted by atomic mass is 32.2. The molecule has 1 aromatic carbocycles. The molecule has 10 heteroatoms. The Hall–Kier alpha value is -2.40. The van der Waals surface area contributed by atoms with Gasteiger partial charge in [0.1, 0.15) is 6.54 Å². The van der Waals surface area contributed by atoms with Crippen molar-refractivity contribution in [3.63, 3.8) is 0 Å². The van der Waals surface area contributed by atoms with Gasteiger partial charge in [-0.25, -0.2) is 13.0 Å². The van der Waals surface area contributed by atoms with Crippen LogP contribution >= 0.6 is 0 Å². The summed E-state index contributed by atoms with van der Waals surface area (Å²) in [5, 5.41) is 0. The van der Waals surface area contributed by atoms with E-state index in [1.165, 1.54) is 62.6 Å². The van der Waals surface area contributed by atoms with E-state index in [9.17, 15) is 13.2 Å². The average molecular weight is 663 g/mol. The van der Waals surface area contributed by atoms with Crippen molar-refractivity contribution in [2.24, 2.45) is 0 Å². The number of benzene rings is 1. The minimum absolute atomic E-state index is 0.0373. The summed E-state index contributed by atoms with van der Waals surface area (Å²) in [7, 11) is 0. The maximum atomic E-state index is 12.8. The zero-order chi connectivity index (χ0) is 32.7. The predicted octanol–water partition coefficient (Wildman–Crippen LogP) is 6.94. The van der Waals surface area contributed by atoms with Gasteiger partial charge in [0.2, 0.25) is 5.91 Å². The number of aromatic nitrogens is 1. The van der Waals surface area contributed by atoms with Crippen molar-refractivity contribution in [2.45, 2.75) is 97.4 Å². The van der Waals surface area contributed by atoms with Crippen LogP contribution in [0, 0.1) is 0 Å². The fraction of sp³-hybridized carbons (Fsp3) is 0.600. The summed E-state index contributed by atoms with van der Waals surface area (Å²) in [6.45, 7) is 8.20. The molecule has 0 spiro atoms. The average Bonchev–Trinajstić information content (AvgIpc) is 3.03. The molecule has 45 heavy (non-hydrogen) atoms. The predicted molar refractivity (Wildman–Crippen MR) is 189 cm³/mol. The van der Waals surface area contributed by atoms with E-state index in [1.54, 1.807) is 4.90 Å². The van der Waals surface area contributed by atoms with Crippen molar-refractivity contribution >= 4 is 45.9 Å². The molecule has 0 bridgehead atoms. The van der Waals surface area contributed by atoms with E-state index < -0.39 is 22.2 Å². The number of unbranched alkanes of at least 4 members (excludes halogenated alkanes) is 6. The van der Waals surface area contributed by atoms with E-state index in [2.05, 4.69) is 71.9 Å². The summed E-state index contributed by atoms with van der Waals surface area (Å²) in [6.07, 6.45) is 20.4. The second kappa shape index (κ2) is 23.9. The third-order valence-electron chi connectivity index (χ3n) is 7.86. The molecule has 0 fully saturated rings. The van der Waals surface area contributed by atoms with Crippen molar-refractivity contribution in [1.29, 1.82) is 0 Å². The molecule has 0 aliphatic rings. The van der Waals surface area contributed by atoms with Crippen molar-refractivity contribution in [3.8, 4) is 0 Å². The molecule has 8 nitrogen and oxygen atoms in total. The Balaban J connectivity index is 1.86. The fourth-order valence-corrected chi connectivity index (χ4v) is 5.99. The third-order valence-corrected chi connectivity index (χ3v) is 9.14. The zero-order valence-electron chi connectivity index (χ0n) is 27.5. The van der Waals surface area contributed by atoms with E-state index in [4.69, 9.17) is 9.11 Å². The lowest BCUT2D eigenvalue weighted by Crippen LogP contribution is -2.36. The quantitative estimate of drug-likeness (QED) is 0.0679. The summed E-state index contributed by atoms with van der Waals surface area (Å²) in [6, 6.07) is 13.0. The van der Waals surface area contributed by atoms with Crippen LogP contribution in [0.5, 0.6) is 0 Å². The molecule has 2 N–H and O–H groups in total. The minimum atomic E-state index is -1.90. The lowest BCUT2D eigenvalue weighted by Gasteiger charge is -2.25. The van der Waals surface area contributed by atoms with Gasteiger partial charge in [-0.05, 0) is 48.9 Å². The SMILES string of the molecule is CCCCCCN(CCCCCC)c1ccc(/C=C/c2cc[n+](CCCC(=O)N(CCCS(=O)O)CCCS(=O)O)cc2)cc1. The fourth-order valence-electron chi connectivity index (χ4n) is 5.24.